The van der Waals surface area contributed by atoms with Gasteiger partial charge in [-0.2, -0.15) is 0 Å². The van der Waals surface area contributed by atoms with Crippen LogP contribution in [0.2, 0.25) is 6.04 Å². The summed E-state index contributed by atoms with van der Waals surface area (Å²) in [7, 11) is -2.33. The van der Waals surface area contributed by atoms with Gasteiger partial charge in [0.05, 0.1) is 0 Å². The van der Waals surface area contributed by atoms with Crippen molar-refractivity contribution in [2.75, 3.05) is 19.8 Å². The summed E-state index contributed by atoms with van der Waals surface area (Å²) >= 11 is 0. The van der Waals surface area contributed by atoms with Gasteiger partial charge in [0.25, 0.3) is 0 Å². The molecule has 4 nitrogen and oxygen atoms in total. The van der Waals surface area contributed by atoms with E-state index < -0.39 is 8.80 Å². The molecule has 0 aromatic carbocycles. The van der Waals surface area contributed by atoms with Gasteiger partial charge < -0.3 is 19.4 Å². The molecule has 100 valence electrons. The molecule has 0 atom stereocenters. The molecule has 0 aromatic heterocycles. The molecule has 16 heavy (non-hydrogen) atoms. The normalized spacial score (nSPS) is 11.2. The van der Waals surface area contributed by atoms with E-state index >= 15 is 0 Å². The van der Waals surface area contributed by atoms with E-state index in [1.54, 1.807) is 0 Å². The maximum Gasteiger partial charge on any atom is 0.500 e. The molecule has 0 heterocycles. The van der Waals surface area contributed by atoms with Crippen LogP contribution in [-0.2, 0) is 13.3 Å². The van der Waals surface area contributed by atoms with Gasteiger partial charge in [-0.15, -0.1) is 0 Å². The van der Waals surface area contributed by atoms with Crippen LogP contribution < -0.4 is 6.15 Å². The van der Waals surface area contributed by atoms with Gasteiger partial charge >= 0.3 is 8.80 Å². The molecular weight excluding hydrogens is 222 g/mol. The molecule has 0 aliphatic rings. The van der Waals surface area contributed by atoms with Crippen LogP contribution in [0, 0.1) is 0 Å². The molecule has 3 N–H and O–H groups in total. The summed E-state index contributed by atoms with van der Waals surface area (Å²) in [4.78, 5) is 0. The van der Waals surface area contributed by atoms with Crippen molar-refractivity contribution in [3.05, 3.63) is 0 Å². The zero-order valence-corrected chi connectivity index (χ0v) is 12.4. The zero-order valence-electron chi connectivity index (χ0n) is 11.4. The topological polar surface area (TPSA) is 62.7 Å². The van der Waals surface area contributed by atoms with Gasteiger partial charge in [0.2, 0.25) is 0 Å². The molecule has 0 amide bonds. The first-order valence-corrected chi connectivity index (χ1v) is 8.09. The molecule has 0 radical (unpaired) electrons. The second kappa shape index (κ2) is 11.5. The third-order valence-corrected chi connectivity index (χ3v) is 5.33. The number of rotatable bonds is 10. The summed E-state index contributed by atoms with van der Waals surface area (Å²) in [6.07, 6.45) is 3.58. The number of hydrogen-bond acceptors (Lipinski definition) is 4. The molecule has 0 aliphatic heterocycles. The first kappa shape index (κ1) is 18.4. The minimum atomic E-state index is -2.33. The average molecular weight is 251 g/mol. The van der Waals surface area contributed by atoms with Crippen molar-refractivity contribution in [1.29, 1.82) is 0 Å². The third-order valence-electron chi connectivity index (χ3n) is 2.18. The highest BCUT2D eigenvalue weighted by Gasteiger charge is 2.39. The Morgan fingerprint density at radius 2 is 1.19 bits per heavy atom. The monoisotopic (exact) mass is 251 g/mol. The van der Waals surface area contributed by atoms with Crippen molar-refractivity contribution < 1.29 is 13.3 Å². The fourth-order valence-electron chi connectivity index (χ4n) is 1.59. The number of hydrogen-bond donors (Lipinski definition) is 1. The highest BCUT2D eigenvalue weighted by Crippen LogP contribution is 2.19. The summed E-state index contributed by atoms with van der Waals surface area (Å²) in [6.45, 7) is 10.2. The van der Waals surface area contributed by atoms with Crippen molar-refractivity contribution in [1.82, 2.24) is 6.15 Å². The molecule has 0 bridgehead atoms. The standard InChI is InChI=1S/C11H26O3Si.H3N/c1-5-9-10-11-15(12-6-2,13-7-3)14-8-4;/h5-11H2,1-4H3;1H3. The van der Waals surface area contributed by atoms with Gasteiger partial charge in [0, 0.05) is 25.9 Å². The fourth-order valence-corrected chi connectivity index (χ4v) is 4.28. The zero-order chi connectivity index (χ0) is 11.6. The second-order valence-corrected chi connectivity index (χ2v) is 6.17. The van der Waals surface area contributed by atoms with Crippen LogP contribution in [-0.4, -0.2) is 28.6 Å². The quantitative estimate of drug-likeness (QED) is 0.477. The van der Waals surface area contributed by atoms with E-state index in [2.05, 4.69) is 6.92 Å². The minimum Gasteiger partial charge on any atom is -0.374 e. The SMILES string of the molecule is CCCCC[Si](OCC)(OCC)OCC.N. The summed E-state index contributed by atoms with van der Waals surface area (Å²) in [5, 5.41) is 0. The fraction of sp³-hybridized carbons (Fsp3) is 1.00. The summed E-state index contributed by atoms with van der Waals surface area (Å²) in [5.74, 6) is 0. The van der Waals surface area contributed by atoms with Crippen molar-refractivity contribution in [3.8, 4) is 0 Å². The second-order valence-electron chi connectivity index (χ2n) is 3.44. The van der Waals surface area contributed by atoms with E-state index in [-0.39, 0.29) is 6.15 Å². The van der Waals surface area contributed by atoms with Crippen molar-refractivity contribution in [2.24, 2.45) is 0 Å². The highest BCUT2D eigenvalue weighted by atomic mass is 28.4. The van der Waals surface area contributed by atoms with Crippen LogP contribution in [0.25, 0.3) is 0 Å². The van der Waals surface area contributed by atoms with E-state index in [1.807, 2.05) is 20.8 Å². The van der Waals surface area contributed by atoms with Gasteiger partial charge in [-0.1, -0.05) is 19.8 Å². The predicted octanol–water partition coefficient (Wildman–Crippen LogP) is 3.39. The average Bonchev–Trinajstić information content (AvgIpc) is 2.19. The van der Waals surface area contributed by atoms with Crippen LogP contribution in [0.15, 0.2) is 0 Å². The largest absolute Gasteiger partial charge is 0.500 e. The lowest BCUT2D eigenvalue weighted by Gasteiger charge is -2.28. The van der Waals surface area contributed by atoms with E-state index in [1.165, 1.54) is 12.8 Å². The van der Waals surface area contributed by atoms with Gasteiger partial charge in [0.1, 0.15) is 0 Å². The molecule has 0 rings (SSSR count). The molecule has 0 aromatic rings. The molecule has 5 heteroatoms. The Morgan fingerprint density at radius 1 is 0.750 bits per heavy atom. The Morgan fingerprint density at radius 3 is 1.50 bits per heavy atom. The van der Waals surface area contributed by atoms with Crippen LogP contribution in [0.3, 0.4) is 0 Å². The Hall–Kier alpha value is 0.0569. The van der Waals surface area contributed by atoms with Crippen LogP contribution >= 0.6 is 0 Å². The van der Waals surface area contributed by atoms with E-state index in [0.717, 1.165) is 12.5 Å². The molecule has 0 unspecified atom stereocenters. The molecule has 0 fully saturated rings. The summed E-state index contributed by atoms with van der Waals surface area (Å²) < 4.78 is 17.3. The summed E-state index contributed by atoms with van der Waals surface area (Å²) in [5.41, 5.74) is 0. The first-order valence-electron chi connectivity index (χ1n) is 6.16. The van der Waals surface area contributed by atoms with Crippen molar-refractivity contribution in [3.63, 3.8) is 0 Å². The Kier molecular flexibility index (Phi) is 13.3. The van der Waals surface area contributed by atoms with Crippen LogP contribution in [0.5, 0.6) is 0 Å². The third kappa shape index (κ3) is 7.35. The number of unbranched alkanes of at least 4 members (excludes halogenated alkanes) is 2. The Bertz CT molecular complexity index is 130. The Balaban J connectivity index is 0. The lowest BCUT2D eigenvalue weighted by molar-refractivity contribution is 0.0707. The van der Waals surface area contributed by atoms with E-state index in [9.17, 15) is 0 Å². The van der Waals surface area contributed by atoms with E-state index in [4.69, 9.17) is 13.3 Å². The molecule has 0 aliphatic carbocycles. The van der Waals surface area contributed by atoms with Crippen molar-refractivity contribution >= 4 is 8.80 Å². The summed E-state index contributed by atoms with van der Waals surface area (Å²) in [6, 6.07) is 0.955. The lowest BCUT2D eigenvalue weighted by atomic mass is 10.3. The molecule has 0 spiro atoms. The maximum absolute atomic E-state index is 5.75. The lowest BCUT2D eigenvalue weighted by Crippen LogP contribution is -2.45. The van der Waals surface area contributed by atoms with E-state index in [0.29, 0.717) is 19.8 Å². The highest BCUT2D eigenvalue weighted by molar-refractivity contribution is 6.60. The van der Waals surface area contributed by atoms with Crippen LogP contribution in [0.1, 0.15) is 47.0 Å². The minimum absolute atomic E-state index is 0. The smallest absolute Gasteiger partial charge is 0.374 e. The maximum atomic E-state index is 5.75. The van der Waals surface area contributed by atoms with Gasteiger partial charge in [0.15, 0.2) is 0 Å². The van der Waals surface area contributed by atoms with Gasteiger partial charge in [-0.25, -0.2) is 0 Å². The molecule has 0 saturated carbocycles. The Labute approximate surface area is 102 Å². The first-order chi connectivity index (χ1) is 7.24. The molecule has 0 saturated heterocycles. The predicted molar refractivity (Wildman–Crippen MR) is 70.0 cm³/mol. The van der Waals surface area contributed by atoms with Gasteiger partial charge in [-0.3, -0.25) is 0 Å². The molecular formula is C11H29NO3Si. The van der Waals surface area contributed by atoms with Crippen LogP contribution in [0.4, 0.5) is 0 Å². The van der Waals surface area contributed by atoms with Crippen molar-refractivity contribution in [2.45, 2.75) is 53.0 Å². The van der Waals surface area contributed by atoms with Gasteiger partial charge in [-0.05, 0) is 27.2 Å².